The minimum atomic E-state index is -1.33. The molecule has 6 heteroatoms. The summed E-state index contributed by atoms with van der Waals surface area (Å²) in [6, 6.07) is 16.4. The highest BCUT2D eigenvalue weighted by Crippen LogP contribution is 2.33. The van der Waals surface area contributed by atoms with Crippen LogP contribution in [0.2, 0.25) is 0 Å². The number of imidazole rings is 1. The molecule has 1 fully saturated rings. The van der Waals surface area contributed by atoms with Crippen molar-refractivity contribution in [1.29, 1.82) is 0 Å². The van der Waals surface area contributed by atoms with Gasteiger partial charge in [0.2, 0.25) is 0 Å². The summed E-state index contributed by atoms with van der Waals surface area (Å²) in [5, 5.41) is 21.5. The number of aromatic nitrogens is 2. The first-order valence-electron chi connectivity index (χ1n) is 8.91. The van der Waals surface area contributed by atoms with Gasteiger partial charge in [-0.15, -0.1) is 0 Å². The van der Waals surface area contributed by atoms with E-state index in [2.05, 4.69) is 4.98 Å². The maximum absolute atomic E-state index is 12.8. The fraction of sp³-hybridized carbons (Fsp3) is 0.238. The number of piperidine rings is 1. The van der Waals surface area contributed by atoms with Crippen LogP contribution in [0.4, 0.5) is 0 Å². The van der Waals surface area contributed by atoms with Crippen molar-refractivity contribution in [3.05, 3.63) is 84.4 Å². The van der Waals surface area contributed by atoms with E-state index in [4.69, 9.17) is 0 Å². The summed E-state index contributed by atoms with van der Waals surface area (Å²) >= 11 is 0. The topological polar surface area (TPSA) is 78.6 Å². The Bertz CT molecular complexity index is 910. The molecule has 4 rings (SSSR count). The minimum absolute atomic E-state index is 0.0908. The third kappa shape index (κ3) is 3.25. The van der Waals surface area contributed by atoms with Crippen LogP contribution in [-0.4, -0.2) is 49.8 Å². The summed E-state index contributed by atoms with van der Waals surface area (Å²) in [5.74, 6) is -0.152. The summed E-state index contributed by atoms with van der Waals surface area (Å²) in [4.78, 5) is 18.4. The Morgan fingerprint density at radius 3 is 2.48 bits per heavy atom. The van der Waals surface area contributed by atoms with E-state index in [0.29, 0.717) is 17.7 Å². The summed E-state index contributed by atoms with van der Waals surface area (Å²) in [7, 11) is 0. The van der Waals surface area contributed by atoms with Gasteiger partial charge in [0.1, 0.15) is 11.7 Å². The van der Waals surface area contributed by atoms with Gasteiger partial charge in [-0.05, 0) is 29.8 Å². The molecule has 0 spiro atoms. The maximum atomic E-state index is 12.8. The summed E-state index contributed by atoms with van der Waals surface area (Å²) in [6.07, 6.45) is 4.48. The van der Waals surface area contributed by atoms with Crippen LogP contribution in [0.5, 0.6) is 0 Å². The molecule has 1 amide bonds. The molecule has 2 heterocycles. The lowest BCUT2D eigenvalue weighted by Crippen LogP contribution is -2.55. The van der Waals surface area contributed by atoms with Crippen molar-refractivity contribution in [2.75, 3.05) is 13.1 Å². The zero-order chi connectivity index (χ0) is 18.9. The Hall–Kier alpha value is -2.96. The number of hydrogen-bond acceptors (Lipinski definition) is 4. The number of carbonyl (C=O) groups is 1. The van der Waals surface area contributed by atoms with Gasteiger partial charge >= 0.3 is 0 Å². The standard InChI is InChI=1S/C21H21N3O3/c25-19-14-23(12-10-21(19,27)17-4-2-1-3-5-17)20(26)16-6-8-18(9-7-16)24-13-11-22-15-24/h1-9,11,13,15,19,25,27H,10,12,14H2/t19-,21-/m0/s1. The number of benzene rings is 2. The predicted octanol–water partition coefficient (Wildman–Crippen LogP) is 1.97. The molecule has 0 unspecified atom stereocenters. The van der Waals surface area contributed by atoms with Gasteiger partial charge in [0, 0.05) is 36.6 Å². The largest absolute Gasteiger partial charge is 0.388 e. The number of aliphatic hydroxyl groups excluding tert-OH is 1. The number of carbonyl (C=O) groups excluding carboxylic acids is 1. The molecule has 2 aromatic carbocycles. The Labute approximate surface area is 157 Å². The van der Waals surface area contributed by atoms with E-state index in [1.54, 1.807) is 41.7 Å². The quantitative estimate of drug-likeness (QED) is 0.746. The van der Waals surface area contributed by atoms with Gasteiger partial charge in [-0.25, -0.2) is 4.98 Å². The van der Waals surface area contributed by atoms with E-state index in [9.17, 15) is 15.0 Å². The molecule has 2 N–H and O–H groups in total. The van der Waals surface area contributed by atoms with Gasteiger partial charge in [0.25, 0.3) is 5.91 Å². The zero-order valence-electron chi connectivity index (χ0n) is 14.8. The lowest BCUT2D eigenvalue weighted by Gasteiger charge is -2.42. The lowest BCUT2D eigenvalue weighted by molar-refractivity contribution is -0.118. The number of nitrogens with zero attached hydrogens (tertiary/aromatic N) is 3. The van der Waals surface area contributed by atoms with Crippen molar-refractivity contribution in [2.24, 2.45) is 0 Å². The van der Waals surface area contributed by atoms with Crippen LogP contribution in [0.3, 0.4) is 0 Å². The SMILES string of the molecule is O=C(c1ccc(-n2ccnc2)cc1)N1CC[C@](O)(c2ccccc2)[C@@H](O)C1. The van der Waals surface area contributed by atoms with E-state index in [0.717, 1.165) is 5.69 Å². The molecule has 2 atom stereocenters. The lowest BCUT2D eigenvalue weighted by atomic mass is 9.82. The Balaban J connectivity index is 1.48. The fourth-order valence-corrected chi connectivity index (χ4v) is 3.54. The van der Waals surface area contributed by atoms with E-state index in [-0.39, 0.29) is 18.9 Å². The first kappa shape index (κ1) is 17.5. The second-order valence-electron chi connectivity index (χ2n) is 6.82. The number of amides is 1. The average molecular weight is 363 g/mol. The zero-order valence-corrected chi connectivity index (χ0v) is 14.8. The molecule has 1 aliphatic heterocycles. The van der Waals surface area contributed by atoms with Crippen molar-refractivity contribution in [3.8, 4) is 5.69 Å². The molecule has 1 saturated heterocycles. The fourth-order valence-electron chi connectivity index (χ4n) is 3.54. The molecule has 27 heavy (non-hydrogen) atoms. The molecular formula is C21H21N3O3. The second kappa shape index (κ2) is 6.98. The van der Waals surface area contributed by atoms with Gasteiger partial charge in [-0.1, -0.05) is 30.3 Å². The van der Waals surface area contributed by atoms with Gasteiger partial charge in [-0.2, -0.15) is 0 Å². The van der Waals surface area contributed by atoms with Crippen LogP contribution < -0.4 is 0 Å². The summed E-state index contributed by atoms with van der Waals surface area (Å²) in [5.41, 5.74) is 0.815. The molecule has 0 bridgehead atoms. The highest BCUT2D eigenvalue weighted by atomic mass is 16.3. The predicted molar refractivity (Wildman–Crippen MR) is 100 cm³/mol. The van der Waals surface area contributed by atoms with Crippen LogP contribution in [0, 0.1) is 0 Å². The number of hydrogen-bond donors (Lipinski definition) is 2. The van der Waals surface area contributed by atoms with Crippen LogP contribution in [-0.2, 0) is 5.60 Å². The molecular weight excluding hydrogens is 342 g/mol. The molecule has 138 valence electrons. The van der Waals surface area contributed by atoms with Crippen LogP contribution in [0.25, 0.3) is 5.69 Å². The van der Waals surface area contributed by atoms with Crippen molar-refractivity contribution < 1.29 is 15.0 Å². The van der Waals surface area contributed by atoms with Crippen molar-refractivity contribution in [2.45, 2.75) is 18.1 Å². The van der Waals surface area contributed by atoms with E-state index >= 15 is 0 Å². The first-order valence-corrected chi connectivity index (χ1v) is 8.91. The van der Waals surface area contributed by atoms with Crippen molar-refractivity contribution >= 4 is 5.91 Å². The van der Waals surface area contributed by atoms with Gasteiger partial charge in [-0.3, -0.25) is 4.79 Å². The highest BCUT2D eigenvalue weighted by Gasteiger charge is 2.43. The smallest absolute Gasteiger partial charge is 0.253 e. The Morgan fingerprint density at radius 1 is 1.11 bits per heavy atom. The summed E-state index contributed by atoms with van der Waals surface area (Å²) < 4.78 is 1.86. The average Bonchev–Trinajstić information content (AvgIpc) is 3.25. The van der Waals surface area contributed by atoms with Gasteiger partial charge in [0.15, 0.2) is 0 Å². The number of likely N-dealkylation sites (tertiary alicyclic amines) is 1. The summed E-state index contributed by atoms with van der Waals surface area (Å²) in [6.45, 7) is 0.470. The third-order valence-corrected chi connectivity index (χ3v) is 5.19. The Morgan fingerprint density at radius 2 is 1.85 bits per heavy atom. The molecule has 0 radical (unpaired) electrons. The Kier molecular flexibility index (Phi) is 4.51. The van der Waals surface area contributed by atoms with E-state index in [1.807, 2.05) is 41.1 Å². The van der Waals surface area contributed by atoms with Crippen molar-refractivity contribution in [1.82, 2.24) is 14.5 Å². The van der Waals surface area contributed by atoms with Crippen LogP contribution in [0.15, 0.2) is 73.3 Å². The highest BCUT2D eigenvalue weighted by molar-refractivity contribution is 5.94. The van der Waals surface area contributed by atoms with Gasteiger partial charge in [0.05, 0.1) is 12.9 Å². The molecule has 0 aliphatic carbocycles. The number of aliphatic hydroxyl groups is 2. The molecule has 6 nitrogen and oxygen atoms in total. The van der Waals surface area contributed by atoms with Crippen LogP contribution in [0.1, 0.15) is 22.3 Å². The molecule has 1 aliphatic rings. The van der Waals surface area contributed by atoms with Crippen LogP contribution >= 0.6 is 0 Å². The first-order chi connectivity index (χ1) is 13.1. The third-order valence-electron chi connectivity index (χ3n) is 5.19. The number of β-amino-alcohol motifs (C(OH)–C–C–N with tert-alkyl or cyclic N) is 1. The van der Waals surface area contributed by atoms with E-state index < -0.39 is 11.7 Å². The minimum Gasteiger partial charge on any atom is -0.388 e. The maximum Gasteiger partial charge on any atom is 0.253 e. The van der Waals surface area contributed by atoms with Gasteiger partial charge < -0.3 is 19.7 Å². The van der Waals surface area contributed by atoms with Crippen molar-refractivity contribution in [3.63, 3.8) is 0 Å². The second-order valence-corrected chi connectivity index (χ2v) is 6.82. The molecule has 1 aromatic heterocycles. The molecule has 0 saturated carbocycles. The van der Waals surface area contributed by atoms with E-state index in [1.165, 1.54) is 0 Å². The molecule has 3 aromatic rings. The number of rotatable bonds is 3. The normalized spacial score (nSPS) is 22.6. The monoisotopic (exact) mass is 363 g/mol.